The molecule has 0 N–H and O–H groups in total. The Morgan fingerprint density at radius 2 is 0.921 bits per heavy atom. The predicted molar refractivity (Wildman–Crippen MR) is 241 cm³/mol. The second-order valence-corrected chi connectivity index (χ2v) is 16.1. The van der Waals surface area contributed by atoms with Crippen LogP contribution in [0.5, 0.6) is 0 Å². The van der Waals surface area contributed by atoms with Gasteiger partial charge in [-0.3, -0.25) is 19.2 Å². The second-order valence-electron chi connectivity index (χ2n) is 14.3. The van der Waals surface area contributed by atoms with E-state index in [1.807, 2.05) is 104 Å². The lowest BCUT2D eigenvalue weighted by Gasteiger charge is -2.29. The summed E-state index contributed by atoms with van der Waals surface area (Å²) in [6.07, 6.45) is 3.82. The second kappa shape index (κ2) is 21.6. The Morgan fingerprint density at radius 3 is 1.21 bits per heavy atom. The van der Waals surface area contributed by atoms with Crippen LogP contribution in [0.2, 0.25) is 0 Å². The number of nitrogens with zero attached hydrogens (tertiary/aromatic N) is 5. The van der Waals surface area contributed by atoms with Gasteiger partial charge in [-0.15, -0.1) is 23.5 Å². The fourth-order valence-electron chi connectivity index (χ4n) is 7.12. The molecule has 0 saturated carbocycles. The summed E-state index contributed by atoms with van der Waals surface area (Å²) >= 11 is 3.09. The number of aromatic nitrogens is 1. The van der Waals surface area contributed by atoms with Gasteiger partial charge in [0.25, 0.3) is 11.8 Å². The standard InChI is InChI=1S/C46H49N5O10S2/c1-10-49-43-21-15-35(41(47-58-29(4)54)25-45(50(27(2)52)60-31(6)56)33-11-17-37(62-8)18-12-33)23-39(43)40-24-36(16-22-44(40)49)42(48-59-30(5)55)26-46(51(28(3)53)61-32(7)57)34-13-19-38(63-9)20-14-34/h11-24,45-46H,10,25-26H2,1-9H3. The maximum atomic E-state index is 13.1. The van der Waals surface area contributed by atoms with Crippen molar-refractivity contribution in [2.75, 3.05) is 12.5 Å². The van der Waals surface area contributed by atoms with Crippen LogP contribution < -0.4 is 0 Å². The van der Waals surface area contributed by atoms with Crippen molar-refractivity contribution in [1.29, 1.82) is 0 Å². The van der Waals surface area contributed by atoms with Gasteiger partial charge in [-0.2, -0.15) is 10.1 Å². The van der Waals surface area contributed by atoms with Crippen molar-refractivity contribution in [3.8, 4) is 0 Å². The van der Waals surface area contributed by atoms with Crippen molar-refractivity contribution >= 4 is 92.4 Å². The highest BCUT2D eigenvalue weighted by Gasteiger charge is 2.31. The molecule has 0 aliphatic carbocycles. The SMILES string of the molecule is CCn1c2ccc(C(CC(c3ccc(SC)cc3)N(OC(C)=O)C(C)=O)=NOC(C)=O)cc2c2cc(C(CC(c3ccc(SC)cc3)N(OC(C)=O)C(C)=O)=NOC(C)=O)ccc21. The van der Waals surface area contributed by atoms with E-state index in [4.69, 9.17) is 19.4 Å². The van der Waals surface area contributed by atoms with E-state index >= 15 is 0 Å². The number of carbonyl (C=O) groups excluding carboxylic acids is 6. The molecule has 5 aromatic rings. The van der Waals surface area contributed by atoms with Crippen molar-refractivity contribution < 1.29 is 48.1 Å². The van der Waals surface area contributed by atoms with E-state index < -0.39 is 47.8 Å². The normalized spacial score (nSPS) is 12.7. The minimum absolute atomic E-state index is 0.0323. The highest BCUT2D eigenvalue weighted by Crippen LogP contribution is 2.35. The summed E-state index contributed by atoms with van der Waals surface area (Å²) in [5.74, 6) is -3.79. The van der Waals surface area contributed by atoms with Crippen molar-refractivity contribution in [3.63, 3.8) is 0 Å². The first-order valence-corrected chi connectivity index (χ1v) is 22.3. The van der Waals surface area contributed by atoms with Gasteiger partial charge >= 0.3 is 23.9 Å². The van der Waals surface area contributed by atoms with Gasteiger partial charge < -0.3 is 23.9 Å². The molecule has 63 heavy (non-hydrogen) atoms. The first-order chi connectivity index (χ1) is 30.0. The number of aryl methyl sites for hydroxylation is 1. The molecule has 0 saturated heterocycles. The predicted octanol–water partition coefficient (Wildman–Crippen LogP) is 8.71. The minimum atomic E-state index is -0.873. The first kappa shape index (κ1) is 47.6. The molecule has 0 fully saturated rings. The van der Waals surface area contributed by atoms with Gasteiger partial charge in [0.05, 0.1) is 11.4 Å². The number of rotatable bonds is 15. The van der Waals surface area contributed by atoms with E-state index in [0.717, 1.165) is 41.7 Å². The zero-order chi connectivity index (χ0) is 46.0. The maximum Gasteiger partial charge on any atom is 0.331 e. The summed E-state index contributed by atoms with van der Waals surface area (Å²) in [6, 6.07) is 24.4. The Kier molecular flexibility index (Phi) is 16.3. The Hall–Kier alpha value is -6.46. The molecule has 4 aromatic carbocycles. The van der Waals surface area contributed by atoms with Crippen LogP contribution in [-0.2, 0) is 54.7 Å². The molecular formula is C46H49N5O10S2. The Morgan fingerprint density at radius 1 is 0.556 bits per heavy atom. The van der Waals surface area contributed by atoms with E-state index in [1.165, 1.54) is 41.5 Å². The summed E-state index contributed by atoms with van der Waals surface area (Å²) in [7, 11) is 0. The third kappa shape index (κ3) is 11.9. The third-order valence-electron chi connectivity index (χ3n) is 9.83. The smallest absolute Gasteiger partial charge is 0.331 e. The quantitative estimate of drug-likeness (QED) is 0.0424. The number of hydrogen-bond donors (Lipinski definition) is 0. The number of thioether (sulfide) groups is 2. The fourth-order valence-corrected chi connectivity index (χ4v) is 7.94. The van der Waals surface area contributed by atoms with E-state index in [1.54, 1.807) is 23.5 Å². The molecule has 17 heteroatoms. The largest absolute Gasteiger partial charge is 0.341 e. The molecule has 15 nitrogen and oxygen atoms in total. The molecule has 0 bridgehead atoms. The Labute approximate surface area is 373 Å². The molecule has 2 atom stereocenters. The van der Waals surface area contributed by atoms with Crippen LogP contribution >= 0.6 is 23.5 Å². The van der Waals surface area contributed by atoms with Crippen molar-refractivity contribution in [2.45, 2.75) is 89.7 Å². The zero-order valence-corrected chi connectivity index (χ0v) is 38.1. The first-order valence-electron chi connectivity index (χ1n) is 19.8. The van der Waals surface area contributed by atoms with E-state index in [0.29, 0.717) is 28.8 Å². The molecule has 0 radical (unpaired) electrons. The molecule has 2 amide bonds. The third-order valence-corrected chi connectivity index (χ3v) is 11.3. The van der Waals surface area contributed by atoms with Gasteiger partial charge in [0.1, 0.15) is 12.1 Å². The molecule has 5 rings (SSSR count). The van der Waals surface area contributed by atoms with Crippen LogP contribution in [0.4, 0.5) is 0 Å². The van der Waals surface area contributed by atoms with Gasteiger partial charge in [0.15, 0.2) is 0 Å². The van der Waals surface area contributed by atoms with Crippen LogP contribution in [0.1, 0.15) is 95.6 Å². The van der Waals surface area contributed by atoms with Crippen LogP contribution in [0.3, 0.4) is 0 Å². The molecular weight excluding hydrogens is 847 g/mol. The van der Waals surface area contributed by atoms with Crippen molar-refractivity contribution in [2.24, 2.45) is 10.3 Å². The Bertz CT molecular complexity index is 2410. The van der Waals surface area contributed by atoms with Gasteiger partial charge in [-0.05, 0) is 79.1 Å². The summed E-state index contributed by atoms with van der Waals surface area (Å²) in [5.41, 5.74) is 4.65. The number of hydroxylamine groups is 4. The molecule has 0 aliphatic rings. The van der Waals surface area contributed by atoms with Gasteiger partial charge in [0, 0.05) is 104 Å². The molecule has 1 aromatic heterocycles. The van der Waals surface area contributed by atoms with Crippen molar-refractivity contribution in [1.82, 2.24) is 14.7 Å². The molecule has 0 aliphatic heterocycles. The molecule has 0 spiro atoms. The maximum absolute atomic E-state index is 13.1. The number of fused-ring (bicyclic) bond motifs is 3. The lowest BCUT2D eigenvalue weighted by molar-refractivity contribution is -0.204. The average Bonchev–Trinajstić information content (AvgIpc) is 3.57. The summed E-state index contributed by atoms with van der Waals surface area (Å²) in [4.78, 5) is 98.4. The van der Waals surface area contributed by atoms with Crippen LogP contribution in [0.25, 0.3) is 21.8 Å². The van der Waals surface area contributed by atoms with Gasteiger partial charge in [0.2, 0.25) is 0 Å². The summed E-state index contributed by atoms with van der Waals surface area (Å²) in [6.45, 7) is 10.0. The number of hydrogen-bond acceptors (Lipinski definition) is 14. The van der Waals surface area contributed by atoms with Crippen LogP contribution in [0, 0.1) is 0 Å². The van der Waals surface area contributed by atoms with Gasteiger partial charge in [-0.1, -0.05) is 46.7 Å². The fraction of sp³-hybridized carbons (Fsp3) is 0.304. The minimum Gasteiger partial charge on any atom is -0.341 e. The Balaban J connectivity index is 1.70. The van der Waals surface area contributed by atoms with Crippen LogP contribution in [0.15, 0.2) is 105 Å². The lowest BCUT2D eigenvalue weighted by atomic mass is 9.94. The molecule has 330 valence electrons. The van der Waals surface area contributed by atoms with E-state index in [9.17, 15) is 28.8 Å². The monoisotopic (exact) mass is 895 g/mol. The lowest BCUT2D eigenvalue weighted by Crippen LogP contribution is -2.36. The zero-order valence-electron chi connectivity index (χ0n) is 36.5. The van der Waals surface area contributed by atoms with E-state index in [-0.39, 0.29) is 24.3 Å². The number of oxime groups is 2. The summed E-state index contributed by atoms with van der Waals surface area (Å²) in [5, 5.41) is 12.1. The number of carbonyl (C=O) groups is 6. The molecule has 1 heterocycles. The summed E-state index contributed by atoms with van der Waals surface area (Å²) < 4.78 is 2.12. The number of amides is 2. The average molecular weight is 896 g/mol. The highest BCUT2D eigenvalue weighted by molar-refractivity contribution is 7.98. The van der Waals surface area contributed by atoms with Gasteiger partial charge in [-0.25, -0.2) is 9.59 Å². The van der Waals surface area contributed by atoms with E-state index in [2.05, 4.69) is 14.9 Å². The molecule has 2 unspecified atom stereocenters. The highest BCUT2D eigenvalue weighted by atomic mass is 32.2. The topological polar surface area (TPSA) is 175 Å². The number of benzene rings is 4. The van der Waals surface area contributed by atoms with Crippen molar-refractivity contribution in [3.05, 3.63) is 107 Å². The van der Waals surface area contributed by atoms with Crippen LogP contribution in [-0.4, -0.2) is 74.3 Å².